The van der Waals surface area contributed by atoms with Crippen molar-refractivity contribution in [1.29, 1.82) is 0 Å². The van der Waals surface area contributed by atoms with Crippen LogP contribution in [0.25, 0.3) is 0 Å². The number of nitrogens with zero attached hydrogens (tertiary/aromatic N) is 6. The van der Waals surface area contributed by atoms with Gasteiger partial charge < -0.3 is 4.42 Å². The minimum absolute atomic E-state index is 0.0413. The Balaban J connectivity index is 1.67. The van der Waals surface area contributed by atoms with E-state index in [0.29, 0.717) is 23.7 Å². The van der Waals surface area contributed by atoms with Crippen LogP contribution in [0.4, 0.5) is 0 Å². The lowest BCUT2D eigenvalue weighted by Gasteiger charge is -2.12. The van der Waals surface area contributed by atoms with E-state index in [1.807, 2.05) is 11.6 Å². The van der Waals surface area contributed by atoms with Gasteiger partial charge in [0.25, 0.3) is 0 Å². The predicted octanol–water partition coefficient (Wildman–Crippen LogP) is 3.22. The fraction of sp³-hybridized carbons (Fsp3) is 0.786. The summed E-state index contributed by atoms with van der Waals surface area (Å²) in [6.45, 7) is 6.32. The molecule has 1 saturated carbocycles. The summed E-state index contributed by atoms with van der Waals surface area (Å²) in [5.74, 6) is 1.85. The third-order valence-corrected chi connectivity index (χ3v) is 4.86. The van der Waals surface area contributed by atoms with Crippen LogP contribution in [0.5, 0.6) is 0 Å². The Labute approximate surface area is 134 Å². The van der Waals surface area contributed by atoms with Crippen LogP contribution in [-0.4, -0.2) is 30.4 Å². The molecule has 7 nitrogen and oxygen atoms in total. The molecule has 2 aromatic rings. The summed E-state index contributed by atoms with van der Waals surface area (Å²) in [7, 11) is 0. The molecule has 1 aliphatic carbocycles. The van der Waals surface area contributed by atoms with E-state index in [1.165, 1.54) is 12.8 Å². The van der Waals surface area contributed by atoms with Gasteiger partial charge in [-0.3, -0.25) is 0 Å². The summed E-state index contributed by atoms with van der Waals surface area (Å²) < 4.78 is 7.71. The molecule has 2 aromatic heterocycles. The van der Waals surface area contributed by atoms with E-state index < -0.39 is 0 Å². The van der Waals surface area contributed by atoms with Gasteiger partial charge in [-0.15, -0.1) is 15.3 Å². The van der Waals surface area contributed by atoms with E-state index in [4.69, 9.17) is 4.42 Å². The van der Waals surface area contributed by atoms with E-state index in [-0.39, 0.29) is 5.25 Å². The molecule has 1 atom stereocenters. The van der Waals surface area contributed by atoms with Crippen molar-refractivity contribution in [1.82, 2.24) is 30.4 Å². The van der Waals surface area contributed by atoms with Crippen LogP contribution in [0.15, 0.2) is 9.57 Å². The predicted molar refractivity (Wildman–Crippen MR) is 82.4 cm³/mol. The highest BCUT2D eigenvalue weighted by atomic mass is 32.2. The Bertz CT molecular complexity index is 604. The van der Waals surface area contributed by atoms with Crippen molar-refractivity contribution >= 4 is 11.8 Å². The van der Waals surface area contributed by atoms with Gasteiger partial charge in [0.05, 0.1) is 11.3 Å². The monoisotopic (exact) mass is 322 g/mol. The Hall–Kier alpha value is -1.44. The Morgan fingerprint density at radius 2 is 1.95 bits per heavy atom. The van der Waals surface area contributed by atoms with Crippen molar-refractivity contribution in [3.8, 4) is 0 Å². The quantitative estimate of drug-likeness (QED) is 0.755. The smallest absolute Gasteiger partial charge is 0.229 e. The molecule has 0 amide bonds. The van der Waals surface area contributed by atoms with Gasteiger partial charge in [-0.25, -0.2) is 4.68 Å². The fourth-order valence-corrected chi connectivity index (χ4v) is 3.60. The second kappa shape index (κ2) is 6.76. The maximum Gasteiger partial charge on any atom is 0.229 e. The number of hydrogen-bond donors (Lipinski definition) is 0. The Morgan fingerprint density at radius 1 is 1.18 bits per heavy atom. The number of hydrogen-bond acceptors (Lipinski definition) is 7. The molecule has 0 aromatic carbocycles. The molecule has 120 valence electrons. The standard InChI is InChI=1S/C14H22N6OS/c1-9(2)8-12-15-16-13(21-12)10(3)22-14-17-18-19-20(14)11-6-4-5-7-11/h9-11H,4-8H2,1-3H3/t10-/m1/s1. The van der Waals surface area contributed by atoms with E-state index in [1.54, 1.807) is 11.8 Å². The first-order chi connectivity index (χ1) is 10.6. The molecule has 0 radical (unpaired) electrons. The van der Waals surface area contributed by atoms with Gasteiger partial charge in [-0.05, 0) is 36.1 Å². The van der Waals surface area contributed by atoms with E-state index >= 15 is 0 Å². The second-order valence-corrected chi connectivity index (χ2v) is 7.54. The van der Waals surface area contributed by atoms with Crippen molar-refractivity contribution in [2.24, 2.45) is 5.92 Å². The van der Waals surface area contributed by atoms with E-state index in [0.717, 1.165) is 24.4 Å². The summed E-state index contributed by atoms with van der Waals surface area (Å²) in [6.07, 6.45) is 5.64. The zero-order valence-electron chi connectivity index (χ0n) is 13.3. The average Bonchev–Trinajstić information content (AvgIpc) is 3.17. The van der Waals surface area contributed by atoms with Gasteiger partial charge in [-0.1, -0.05) is 38.5 Å². The lowest BCUT2D eigenvalue weighted by Crippen LogP contribution is -2.08. The van der Waals surface area contributed by atoms with Crippen molar-refractivity contribution in [2.45, 2.75) is 69.3 Å². The largest absolute Gasteiger partial charge is 0.424 e. The molecule has 0 unspecified atom stereocenters. The molecule has 1 fully saturated rings. The molecule has 0 spiro atoms. The number of tetrazole rings is 1. The normalized spacial score (nSPS) is 17.5. The zero-order valence-corrected chi connectivity index (χ0v) is 14.1. The molecule has 3 rings (SSSR count). The van der Waals surface area contributed by atoms with Gasteiger partial charge in [0.1, 0.15) is 0 Å². The molecule has 8 heteroatoms. The Kier molecular flexibility index (Phi) is 4.75. The van der Waals surface area contributed by atoms with Crippen molar-refractivity contribution < 1.29 is 4.42 Å². The topological polar surface area (TPSA) is 82.5 Å². The number of thioether (sulfide) groups is 1. The SMILES string of the molecule is CC(C)Cc1nnc([C@@H](C)Sc2nnnn2C2CCCC2)o1. The summed E-state index contributed by atoms with van der Waals surface area (Å²) in [5, 5.41) is 21.3. The molecular weight excluding hydrogens is 300 g/mol. The van der Waals surface area contributed by atoms with Gasteiger partial charge in [0.2, 0.25) is 16.9 Å². The fourth-order valence-electron chi connectivity index (χ4n) is 2.71. The first-order valence-electron chi connectivity index (χ1n) is 7.90. The van der Waals surface area contributed by atoms with Gasteiger partial charge in [0.15, 0.2) is 0 Å². The van der Waals surface area contributed by atoms with Crippen molar-refractivity contribution in [2.75, 3.05) is 0 Å². The summed E-state index contributed by atoms with van der Waals surface area (Å²) in [5.41, 5.74) is 0. The summed E-state index contributed by atoms with van der Waals surface area (Å²) in [6, 6.07) is 0.434. The van der Waals surface area contributed by atoms with Crippen LogP contribution in [0.1, 0.15) is 69.5 Å². The molecular formula is C14H22N6OS. The van der Waals surface area contributed by atoms with Crippen molar-refractivity contribution in [3.05, 3.63) is 11.8 Å². The highest BCUT2D eigenvalue weighted by Gasteiger charge is 2.24. The molecule has 22 heavy (non-hydrogen) atoms. The maximum atomic E-state index is 5.75. The summed E-state index contributed by atoms with van der Waals surface area (Å²) in [4.78, 5) is 0. The Morgan fingerprint density at radius 3 is 2.68 bits per heavy atom. The van der Waals surface area contributed by atoms with E-state index in [2.05, 4.69) is 39.6 Å². The number of rotatable bonds is 6. The van der Waals surface area contributed by atoms with Gasteiger partial charge in [0, 0.05) is 6.42 Å². The summed E-state index contributed by atoms with van der Waals surface area (Å²) >= 11 is 1.58. The third-order valence-electron chi connectivity index (χ3n) is 3.83. The van der Waals surface area contributed by atoms with Crippen LogP contribution in [0.3, 0.4) is 0 Å². The lowest BCUT2D eigenvalue weighted by molar-refractivity contribution is 0.418. The first-order valence-corrected chi connectivity index (χ1v) is 8.78. The lowest BCUT2D eigenvalue weighted by atomic mass is 10.1. The van der Waals surface area contributed by atoms with Crippen LogP contribution < -0.4 is 0 Å². The highest BCUT2D eigenvalue weighted by molar-refractivity contribution is 7.99. The van der Waals surface area contributed by atoms with Crippen LogP contribution in [-0.2, 0) is 6.42 Å². The minimum atomic E-state index is 0.0413. The zero-order chi connectivity index (χ0) is 15.5. The highest BCUT2D eigenvalue weighted by Crippen LogP contribution is 2.36. The maximum absolute atomic E-state index is 5.75. The minimum Gasteiger partial charge on any atom is -0.424 e. The molecule has 2 heterocycles. The first kappa shape index (κ1) is 15.5. The third kappa shape index (κ3) is 3.48. The van der Waals surface area contributed by atoms with Gasteiger partial charge in [-0.2, -0.15) is 0 Å². The van der Waals surface area contributed by atoms with Crippen LogP contribution in [0.2, 0.25) is 0 Å². The van der Waals surface area contributed by atoms with Crippen LogP contribution in [0, 0.1) is 5.92 Å². The van der Waals surface area contributed by atoms with Crippen molar-refractivity contribution in [3.63, 3.8) is 0 Å². The van der Waals surface area contributed by atoms with Gasteiger partial charge >= 0.3 is 0 Å². The molecule has 0 bridgehead atoms. The molecule has 0 N–H and O–H groups in total. The van der Waals surface area contributed by atoms with Crippen LogP contribution >= 0.6 is 11.8 Å². The number of aromatic nitrogens is 6. The van der Waals surface area contributed by atoms with E-state index in [9.17, 15) is 0 Å². The molecule has 1 aliphatic rings. The average molecular weight is 322 g/mol. The molecule has 0 aliphatic heterocycles. The molecule has 0 saturated heterocycles. The second-order valence-electron chi connectivity index (χ2n) is 6.24.